The van der Waals surface area contributed by atoms with Gasteiger partial charge in [-0.1, -0.05) is 0 Å². The molecule has 6 heteroatoms. The summed E-state index contributed by atoms with van der Waals surface area (Å²) in [5.74, 6) is -0.0656. The third kappa shape index (κ3) is 4.85. The number of hydrogen-bond donors (Lipinski definition) is 0. The summed E-state index contributed by atoms with van der Waals surface area (Å²) in [6.45, 7) is 9.24. The van der Waals surface area contributed by atoms with E-state index in [1.54, 1.807) is 9.80 Å². The van der Waals surface area contributed by atoms with Crippen molar-refractivity contribution in [1.29, 1.82) is 0 Å². The van der Waals surface area contributed by atoms with Gasteiger partial charge < -0.3 is 14.5 Å². The highest BCUT2D eigenvalue weighted by Crippen LogP contribution is 2.20. The van der Waals surface area contributed by atoms with Gasteiger partial charge in [-0.2, -0.15) is 0 Å². The van der Waals surface area contributed by atoms with Crippen LogP contribution < -0.4 is 0 Å². The Morgan fingerprint density at radius 2 is 2.05 bits per heavy atom. The van der Waals surface area contributed by atoms with E-state index in [1.807, 2.05) is 27.7 Å². The average molecular weight is 305 g/mol. The molecule has 20 heavy (non-hydrogen) atoms. The number of carbonyl (C=O) groups excluding carboxylic acids is 2. The molecule has 116 valence electrons. The number of likely N-dealkylation sites (N-methyl/N-ethyl adjacent to an activating group) is 1. The Labute approximate surface area is 126 Å². The van der Waals surface area contributed by atoms with E-state index in [1.165, 1.54) is 0 Å². The van der Waals surface area contributed by atoms with E-state index in [0.29, 0.717) is 13.1 Å². The lowest BCUT2D eigenvalue weighted by Crippen LogP contribution is -2.46. The van der Waals surface area contributed by atoms with Crippen LogP contribution >= 0.6 is 11.6 Å². The average Bonchev–Trinajstić information content (AvgIpc) is 2.80. The van der Waals surface area contributed by atoms with Gasteiger partial charge in [0.15, 0.2) is 0 Å². The lowest BCUT2D eigenvalue weighted by molar-refractivity contribution is -0.129. The van der Waals surface area contributed by atoms with Crippen LogP contribution in [-0.4, -0.2) is 59.0 Å². The van der Waals surface area contributed by atoms with Crippen molar-refractivity contribution in [3.05, 3.63) is 0 Å². The molecule has 2 amide bonds. The smallest absolute Gasteiger partial charge is 0.410 e. The van der Waals surface area contributed by atoms with Gasteiger partial charge in [-0.05, 0) is 40.5 Å². The molecule has 0 N–H and O–H groups in total. The molecule has 1 fully saturated rings. The van der Waals surface area contributed by atoms with E-state index in [2.05, 4.69) is 0 Å². The van der Waals surface area contributed by atoms with Crippen LogP contribution in [0.15, 0.2) is 0 Å². The maximum atomic E-state index is 12.1. The van der Waals surface area contributed by atoms with E-state index in [9.17, 15) is 9.59 Å². The molecule has 0 radical (unpaired) electrons. The van der Waals surface area contributed by atoms with Crippen LogP contribution in [0.4, 0.5) is 4.79 Å². The number of ether oxygens (including phenoxy) is 1. The van der Waals surface area contributed by atoms with Gasteiger partial charge in [0.05, 0.1) is 0 Å². The number of alkyl halides is 1. The zero-order valence-corrected chi connectivity index (χ0v) is 13.6. The lowest BCUT2D eigenvalue weighted by Gasteiger charge is -2.31. The van der Waals surface area contributed by atoms with Crippen molar-refractivity contribution >= 4 is 23.6 Å². The standard InChI is InChI=1S/C14H25ClN2O3/c1-5-16(13(19)20-14(2,3)4)10-11-7-6-8-17(11)12(18)9-15/h11H,5-10H2,1-4H3/t11-/m1/s1. The Kier molecular flexibility index (Phi) is 6.11. The van der Waals surface area contributed by atoms with Crippen molar-refractivity contribution in [2.45, 2.75) is 52.2 Å². The summed E-state index contributed by atoms with van der Waals surface area (Å²) < 4.78 is 5.38. The van der Waals surface area contributed by atoms with Crippen LogP contribution in [0.2, 0.25) is 0 Å². The van der Waals surface area contributed by atoms with Gasteiger partial charge in [-0.3, -0.25) is 4.79 Å². The summed E-state index contributed by atoms with van der Waals surface area (Å²) in [6.07, 6.45) is 1.53. The molecule has 1 aliphatic rings. The molecular weight excluding hydrogens is 280 g/mol. The largest absolute Gasteiger partial charge is 0.444 e. The summed E-state index contributed by atoms with van der Waals surface area (Å²) in [7, 11) is 0. The van der Waals surface area contributed by atoms with Gasteiger partial charge in [0, 0.05) is 25.7 Å². The minimum atomic E-state index is -0.508. The molecule has 0 saturated carbocycles. The number of halogens is 1. The molecule has 0 aromatic carbocycles. The molecule has 0 bridgehead atoms. The molecule has 1 rings (SSSR count). The van der Waals surface area contributed by atoms with Crippen LogP contribution in [0.25, 0.3) is 0 Å². The van der Waals surface area contributed by atoms with E-state index in [4.69, 9.17) is 16.3 Å². The highest BCUT2D eigenvalue weighted by Gasteiger charge is 2.31. The lowest BCUT2D eigenvalue weighted by atomic mass is 10.2. The Bertz CT molecular complexity index is 355. The quantitative estimate of drug-likeness (QED) is 0.750. The van der Waals surface area contributed by atoms with Crippen molar-refractivity contribution in [3.8, 4) is 0 Å². The summed E-state index contributed by atoms with van der Waals surface area (Å²) in [4.78, 5) is 27.3. The minimum Gasteiger partial charge on any atom is -0.444 e. The second kappa shape index (κ2) is 7.16. The fraction of sp³-hybridized carbons (Fsp3) is 0.857. The second-order valence-corrected chi connectivity index (χ2v) is 6.30. The Morgan fingerprint density at radius 1 is 1.40 bits per heavy atom. The topological polar surface area (TPSA) is 49.9 Å². The van der Waals surface area contributed by atoms with Gasteiger partial charge in [0.2, 0.25) is 5.91 Å². The summed E-state index contributed by atoms with van der Waals surface area (Å²) >= 11 is 5.62. The molecule has 1 aliphatic heterocycles. The predicted octanol–water partition coefficient (Wildman–Crippen LogP) is 2.47. The van der Waals surface area contributed by atoms with Crippen LogP contribution in [0.3, 0.4) is 0 Å². The molecule has 5 nitrogen and oxygen atoms in total. The van der Waals surface area contributed by atoms with Crippen molar-refractivity contribution in [2.75, 3.05) is 25.5 Å². The molecule has 0 aliphatic carbocycles. The van der Waals surface area contributed by atoms with E-state index in [0.717, 1.165) is 19.4 Å². The monoisotopic (exact) mass is 304 g/mol. The molecule has 0 unspecified atom stereocenters. The van der Waals surface area contributed by atoms with E-state index in [-0.39, 0.29) is 23.9 Å². The summed E-state index contributed by atoms with van der Waals surface area (Å²) in [5, 5.41) is 0. The second-order valence-electron chi connectivity index (χ2n) is 6.04. The number of amides is 2. The Hall–Kier alpha value is -0.970. The summed E-state index contributed by atoms with van der Waals surface area (Å²) in [6, 6.07) is 0.0497. The fourth-order valence-corrected chi connectivity index (χ4v) is 2.50. The number of likely N-dealkylation sites (tertiary alicyclic amines) is 1. The zero-order chi connectivity index (χ0) is 15.3. The number of rotatable bonds is 4. The molecule has 1 heterocycles. The van der Waals surface area contributed by atoms with Crippen molar-refractivity contribution in [1.82, 2.24) is 9.80 Å². The molecule has 1 saturated heterocycles. The SMILES string of the molecule is CCN(C[C@H]1CCCN1C(=O)CCl)C(=O)OC(C)(C)C. The number of hydrogen-bond acceptors (Lipinski definition) is 3. The maximum Gasteiger partial charge on any atom is 0.410 e. The van der Waals surface area contributed by atoms with Gasteiger partial charge in [0.1, 0.15) is 11.5 Å². The Morgan fingerprint density at radius 3 is 2.55 bits per heavy atom. The maximum absolute atomic E-state index is 12.1. The third-order valence-electron chi connectivity index (χ3n) is 3.28. The third-order valence-corrected chi connectivity index (χ3v) is 3.50. The van der Waals surface area contributed by atoms with Gasteiger partial charge in [0.25, 0.3) is 0 Å². The fourth-order valence-electron chi connectivity index (χ4n) is 2.34. The minimum absolute atomic E-state index is 0.00490. The molecular formula is C14H25ClN2O3. The first-order valence-corrected chi connectivity index (χ1v) is 7.65. The van der Waals surface area contributed by atoms with Crippen molar-refractivity contribution in [2.24, 2.45) is 0 Å². The van der Waals surface area contributed by atoms with Crippen LogP contribution in [-0.2, 0) is 9.53 Å². The van der Waals surface area contributed by atoms with Gasteiger partial charge >= 0.3 is 6.09 Å². The van der Waals surface area contributed by atoms with Crippen LogP contribution in [0.1, 0.15) is 40.5 Å². The number of carbonyl (C=O) groups is 2. The normalized spacial score (nSPS) is 19.1. The highest BCUT2D eigenvalue weighted by atomic mass is 35.5. The van der Waals surface area contributed by atoms with Crippen LogP contribution in [0.5, 0.6) is 0 Å². The van der Waals surface area contributed by atoms with Crippen LogP contribution in [0, 0.1) is 0 Å². The molecule has 1 atom stereocenters. The molecule has 0 spiro atoms. The van der Waals surface area contributed by atoms with E-state index >= 15 is 0 Å². The van der Waals surface area contributed by atoms with E-state index < -0.39 is 5.60 Å². The zero-order valence-electron chi connectivity index (χ0n) is 12.8. The summed E-state index contributed by atoms with van der Waals surface area (Å²) in [5.41, 5.74) is -0.508. The van der Waals surface area contributed by atoms with Gasteiger partial charge in [-0.25, -0.2) is 4.79 Å². The first-order valence-electron chi connectivity index (χ1n) is 7.12. The van der Waals surface area contributed by atoms with Gasteiger partial charge in [-0.15, -0.1) is 11.6 Å². The molecule has 0 aromatic heterocycles. The molecule has 0 aromatic rings. The van der Waals surface area contributed by atoms with Crippen molar-refractivity contribution < 1.29 is 14.3 Å². The predicted molar refractivity (Wildman–Crippen MR) is 78.9 cm³/mol. The first-order chi connectivity index (χ1) is 9.28. The number of nitrogens with zero attached hydrogens (tertiary/aromatic N) is 2. The Balaban J connectivity index is 2.63. The highest BCUT2D eigenvalue weighted by molar-refractivity contribution is 6.27. The first kappa shape index (κ1) is 17.1. The van der Waals surface area contributed by atoms with Crippen molar-refractivity contribution in [3.63, 3.8) is 0 Å².